The van der Waals surface area contributed by atoms with E-state index in [4.69, 9.17) is 4.74 Å². The number of aryl methyl sites for hydroxylation is 1. The van der Waals surface area contributed by atoms with Crippen LogP contribution in [0.1, 0.15) is 19.2 Å². The lowest BCUT2D eigenvalue weighted by Gasteiger charge is -2.22. The van der Waals surface area contributed by atoms with Gasteiger partial charge in [0.1, 0.15) is 0 Å². The number of aliphatic hydroxyl groups is 1. The smallest absolute Gasteiger partial charge is 0.407 e. The van der Waals surface area contributed by atoms with Crippen molar-refractivity contribution in [2.45, 2.75) is 32.1 Å². The number of alkyl carbamates (subject to hydrolysis) is 1. The third kappa shape index (κ3) is 3.64. The molecule has 1 aliphatic rings. The van der Waals surface area contributed by atoms with Crippen LogP contribution in [0.5, 0.6) is 0 Å². The Labute approximate surface area is 149 Å². The van der Waals surface area contributed by atoms with Crippen LogP contribution in [0.2, 0.25) is 0 Å². The fraction of sp³-hybridized carbons (Fsp3) is 0.438. The van der Waals surface area contributed by atoms with Crippen LogP contribution in [-0.4, -0.2) is 56.2 Å². The van der Waals surface area contributed by atoms with Gasteiger partial charge in [-0.25, -0.2) is 9.48 Å². The number of nitrogens with one attached hydrogen (secondary N) is 1. The van der Waals surface area contributed by atoms with Crippen LogP contribution in [-0.2, 0) is 22.5 Å². The molecule has 0 radical (unpaired) electrons. The Morgan fingerprint density at radius 2 is 2.15 bits per heavy atom. The molecule has 1 atom stereocenters. The van der Waals surface area contributed by atoms with Crippen molar-refractivity contribution in [3.05, 3.63) is 36.2 Å². The van der Waals surface area contributed by atoms with E-state index in [1.807, 2.05) is 13.0 Å². The highest BCUT2D eigenvalue weighted by Crippen LogP contribution is 2.29. The van der Waals surface area contributed by atoms with Crippen LogP contribution in [0.25, 0.3) is 0 Å². The lowest BCUT2D eigenvalue weighted by molar-refractivity contribution is -0.175. The molecule has 2 amide bonds. The standard InChI is InChI=1S/C16H20N6O4/c1-2-13-18-19-20-22(13)11-9-17-15(24)26-16(25)8-10-21(14(16)23)12-6-4-3-5-7-12/h3-7,25H,2,8-11H2,1H3,(H,17,24)/t16-/m0/s1. The Hall–Kier alpha value is -3.01. The van der Waals surface area contributed by atoms with E-state index in [0.29, 0.717) is 24.5 Å². The number of aromatic nitrogens is 4. The van der Waals surface area contributed by atoms with Crippen molar-refractivity contribution in [1.82, 2.24) is 25.5 Å². The van der Waals surface area contributed by atoms with Gasteiger partial charge in [-0.3, -0.25) is 4.79 Å². The van der Waals surface area contributed by atoms with Gasteiger partial charge in [-0.05, 0) is 22.6 Å². The molecule has 0 bridgehead atoms. The molecule has 2 aromatic rings. The van der Waals surface area contributed by atoms with Gasteiger partial charge in [0, 0.05) is 31.6 Å². The zero-order valence-corrected chi connectivity index (χ0v) is 14.3. The molecule has 1 aliphatic heterocycles. The monoisotopic (exact) mass is 360 g/mol. The first-order chi connectivity index (χ1) is 12.5. The Bertz CT molecular complexity index is 780. The fourth-order valence-electron chi connectivity index (χ4n) is 2.74. The number of hydrogen-bond acceptors (Lipinski definition) is 7. The molecule has 2 N–H and O–H groups in total. The number of benzene rings is 1. The van der Waals surface area contributed by atoms with E-state index < -0.39 is 17.8 Å². The Kier molecular flexibility index (Phi) is 5.12. The van der Waals surface area contributed by atoms with Gasteiger partial charge in [0.25, 0.3) is 11.7 Å². The predicted molar refractivity (Wildman–Crippen MR) is 90.0 cm³/mol. The molecule has 1 saturated heterocycles. The van der Waals surface area contributed by atoms with Crippen LogP contribution in [0.3, 0.4) is 0 Å². The Morgan fingerprint density at radius 3 is 2.88 bits per heavy atom. The van der Waals surface area contributed by atoms with E-state index in [0.717, 1.165) is 0 Å². The fourth-order valence-corrected chi connectivity index (χ4v) is 2.74. The molecule has 10 heteroatoms. The molecule has 138 valence electrons. The molecule has 10 nitrogen and oxygen atoms in total. The third-order valence-electron chi connectivity index (χ3n) is 4.10. The summed E-state index contributed by atoms with van der Waals surface area (Å²) in [5, 5.41) is 24.1. The van der Waals surface area contributed by atoms with E-state index in [1.165, 1.54) is 4.90 Å². The summed E-state index contributed by atoms with van der Waals surface area (Å²) < 4.78 is 6.55. The number of carbonyl (C=O) groups excluding carboxylic acids is 2. The van der Waals surface area contributed by atoms with Gasteiger partial charge in [-0.15, -0.1) is 5.10 Å². The lowest BCUT2D eigenvalue weighted by atomic mass is 10.2. The van der Waals surface area contributed by atoms with Crippen molar-refractivity contribution in [3.8, 4) is 0 Å². The van der Waals surface area contributed by atoms with Gasteiger partial charge in [0.05, 0.1) is 6.54 Å². The first kappa shape index (κ1) is 17.8. The second kappa shape index (κ2) is 7.48. The number of hydrogen-bond donors (Lipinski definition) is 2. The summed E-state index contributed by atoms with van der Waals surface area (Å²) in [5.41, 5.74) is 0.642. The second-order valence-corrected chi connectivity index (χ2v) is 5.81. The molecule has 1 aromatic carbocycles. The number of ether oxygens (including phenoxy) is 1. The minimum Gasteiger partial charge on any atom is -0.407 e. The van der Waals surface area contributed by atoms with Gasteiger partial charge in [0.15, 0.2) is 5.82 Å². The topological polar surface area (TPSA) is 122 Å². The molecule has 0 aliphatic carbocycles. The summed E-state index contributed by atoms with van der Waals surface area (Å²) in [5.74, 6) is -2.13. The van der Waals surface area contributed by atoms with E-state index in [9.17, 15) is 14.7 Å². The second-order valence-electron chi connectivity index (χ2n) is 5.81. The first-order valence-corrected chi connectivity index (χ1v) is 8.35. The Balaban J connectivity index is 1.53. The number of carbonyl (C=O) groups is 2. The average molecular weight is 360 g/mol. The zero-order valence-electron chi connectivity index (χ0n) is 14.3. The maximum absolute atomic E-state index is 12.4. The van der Waals surface area contributed by atoms with Crippen molar-refractivity contribution in [3.63, 3.8) is 0 Å². The molecular formula is C16H20N6O4. The molecule has 1 aromatic heterocycles. The van der Waals surface area contributed by atoms with E-state index in [2.05, 4.69) is 20.8 Å². The molecule has 0 saturated carbocycles. The zero-order chi connectivity index (χ0) is 18.6. The third-order valence-corrected chi connectivity index (χ3v) is 4.10. The predicted octanol–water partition coefficient (Wildman–Crippen LogP) is 0.0872. The van der Waals surface area contributed by atoms with Crippen molar-refractivity contribution < 1.29 is 19.4 Å². The van der Waals surface area contributed by atoms with Gasteiger partial charge in [-0.2, -0.15) is 0 Å². The summed E-state index contributed by atoms with van der Waals surface area (Å²) in [6.45, 7) is 2.73. The van der Waals surface area contributed by atoms with Crippen molar-refractivity contribution in [2.24, 2.45) is 0 Å². The van der Waals surface area contributed by atoms with Crippen LogP contribution < -0.4 is 10.2 Å². The molecule has 3 rings (SSSR count). The molecule has 26 heavy (non-hydrogen) atoms. The summed E-state index contributed by atoms with van der Waals surface area (Å²) in [4.78, 5) is 25.8. The van der Waals surface area contributed by atoms with Crippen molar-refractivity contribution in [2.75, 3.05) is 18.0 Å². The van der Waals surface area contributed by atoms with Crippen LogP contribution in [0.15, 0.2) is 30.3 Å². The quantitative estimate of drug-likeness (QED) is 0.700. The van der Waals surface area contributed by atoms with E-state index in [1.54, 1.807) is 28.9 Å². The molecule has 1 fully saturated rings. The summed E-state index contributed by atoms with van der Waals surface area (Å²) in [6.07, 6.45) is -0.204. The maximum atomic E-state index is 12.4. The maximum Gasteiger partial charge on any atom is 0.410 e. The number of para-hydroxylation sites is 1. The van der Waals surface area contributed by atoms with Crippen molar-refractivity contribution in [1.29, 1.82) is 0 Å². The van der Waals surface area contributed by atoms with Gasteiger partial charge >= 0.3 is 6.09 Å². The average Bonchev–Trinajstić information content (AvgIpc) is 3.21. The lowest BCUT2D eigenvalue weighted by Crippen LogP contribution is -2.46. The van der Waals surface area contributed by atoms with Gasteiger partial charge < -0.3 is 20.1 Å². The first-order valence-electron chi connectivity index (χ1n) is 8.35. The SMILES string of the molecule is CCc1nnnn1CCNC(=O)O[C@@]1(O)CCN(c2ccccc2)C1=O. The molecule has 0 spiro atoms. The molecule has 2 heterocycles. The number of nitrogens with zero attached hydrogens (tertiary/aromatic N) is 5. The minimum absolute atomic E-state index is 0.00112. The van der Waals surface area contributed by atoms with E-state index >= 15 is 0 Å². The van der Waals surface area contributed by atoms with Crippen LogP contribution in [0, 0.1) is 0 Å². The number of tetrazole rings is 1. The van der Waals surface area contributed by atoms with Crippen LogP contribution in [0.4, 0.5) is 10.5 Å². The molecular weight excluding hydrogens is 340 g/mol. The Morgan fingerprint density at radius 1 is 1.38 bits per heavy atom. The number of anilines is 1. The van der Waals surface area contributed by atoms with Crippen LogP contribution >= 0.6 is 0 Å². The highest BCUT2D eigenvalue weighted by Gasteiger charge is 2.49. The highest BCUT2D eigenvalue weighted by molar-refractivity contribution is 6.01. The molecule has 0 unspecified atom stereocenters. The van der Waals surface area contributed by atoms with Crippen molar-refractivity contribution >= 4 is 17.7 Å². The largest absolute Gasteiger partial charge is 0.410 e. The number of rotatable bonds is 6. The summed E-state index contributed by atoms with van der Waals surface area (Å²) in [6, 6.07) is 8.91. The summed E-state index contributed by atoms with van der Waals surface area (Å²) in [7, 11) is 0. The van der Waals surface area contributed by atoms with E-state index in [-0.39, 0.29) is 19.5 Å². The summed E-state index contributed by atoms with van der Waals surface area (Å²) >= 11 is 0. The van der Waals surface area contributed by atoms with Gasteiger partial charge in [0.2, 0.25) is 0 Å². The normalized spacial score (nSPS) is 19.6. The highest BCUT2D eigenvalue weighted by atomic mass is 16.7. The minimum atomic E-state index is -2.16. The number of amides is 2. The van der Waals surface area contributed by atoms with Gasteiger partial charge in [-0.1, -0.05) is 25.1 Å².